The van der Waals surface area contributed by atoms with Crippen molar-refractivity contribution in [3.8, 4) is 0 Å². The predicted octanol–water partition coefficient (Wildman–Crippen LogP) is 3.94. The van der Waals surface area contributed by atoms with Crippen molar-refractivity contribution < 1.29 is 4.79 Å². The predicted molar refractivity (Wildman–Crippen MR) is 84.1 cm³/mol. The van der Waals surface area contributed by atoms with E-state index in [4.69, 9.17) is 11.6 Å². The van der Waals surface area contributed by atoms with Gasteiger partial charge in [-0.1, -0.05) is 23.4 Å². The van der Waals surface area contributed by atoms with Crippen molar-refractivity contribution in [2.75, 3.05) is 0 Å². The van der Waals surface area contributed by atoms with E-state index in [0.717, 1.165) is 11.0 Å². The maximum absolute atomic E-state index is 12.4. The van der Waals surface area contributed by atoms with Gasteiger partial charge in [-0.05, 0) is 51.0 Å². The highest BCUT2D eigenvalue weighted by Gasteiger charge is 2.29. The topological polar surface area (TPSA) is 47.8 Å². The van der Waals surface area contributed by atoms with Crippen molar-refractivity contribution in [1.29, 1.82) is 0 Å². The smallest absolute Gasteiger partial charge is 0.192 e. The van der Waals surface area contributed by atoms with Crippen LogP contribution in [0.4, 0.5) is 0 Å². The average Bonchev–Trinajstić information content (AvgIpc) is 3.24. The van der Waals surface area contributed by atoms with Crippen LogP contribution < -0.4 is 0 Å². The van der Waals surface area contributed by atoms with E-state index in [-0.39, 0.29) is 11.0 Å². The van der Waals surface area contributed by atoms with Crippen molar-refractivity contribution in [3.05, 3.63) is 40.7 Å². The summed E-state index contributed by atoms with van der Waals surface area (Å²) in [6.45, 7) is 3.87. The van der Waals surface area contributed by atoms with Crippen LogP contribution in [0.5, 0.6) is 0 Å². The summed E-state index contributed by atoms with van der Waals surface area (Å²) in [6.07, 6.45) is 2.35. The van der Waals surface area contributed by atoms with Crippen LogP contribution >= 0.6 is 23.4 Å². The number of rotatable bonds is 5. The zero-order valence-corrected chi connectivity index (χ0v) is 13.5. The van der Waals surface area contributed by atoms with Crippen LogP contribution in [0.3, 0.4) is 0 Å². The largest absolute Gasteiger partial charge is 0.303 e. The van der Waals surface area contributed by atoms with Gasteiger partial charge in [-0.2, -0.15) is 0 Å². The minimum Gasteiger partial charge on any atom is -0.303 e. The molecule has 0 saturated heterocycles. The third kappa shape index (κ3) is 3.14. The highest BCUT2D eigenvalue weighted by molar-refractivity contribution is 8.00. The zero-order valence-electron chi connectivity index (χ0n) is 11.9. The number of aryl methyl sites for hydroxylation is 1. The van der Waals surface area contributed by atoms with Crippen LogP contribution in [-0.4, -0.2) is 25.8 Å². The fourth-order valence-corrected chi connectivity index (χ4v) is 3.41. The van der Waals surface area contributed by atoms with E-state index in [2.05, 4.69) is 14.8 Å². The number of carbonyl (C=O) groups is 1. The molecule has 2 aromatic rings. The lowest BCUT2D eigenvalue weighted by Crippen LogP contribution is -2.14. The molecular formula is C15H16ClN3OS. The Morgan fingerprint density at radius 3 is 2.62 bits per heavy atom. The molecule has 1 fully saturated rings. The molecule has 1 aliphatic rings. The lowest BCUT2D eigenvalue weighted by molar-refractivity contribution is 0.0994. The number of halogens is 1. The number of nitrogens with zero attached hydrogens (tertiary/aromatic N) is 3. The van der Waals surface area contributed by atoms with Crippen LogP contribution in [0, 0.1) is 6.92 Å². The molecular weight excluding hydrogens is 306 g/mol. The van der Waals surface area contributed by atoms with Crippen molar-refractivity contribution in [2.45, 2.75) is 43.1 Å². The minimum absolute atomic E-state index is 0.0830. The minimum atomic E-state index is -0.202. The summed E-state index contributed by atoms with van der Waals surface area (Å²) in [5, 5.41) is 9.62. The van der Waals surface area contributed by atoms with Crippen molar-refractivity contribution in [3.63, 3.8) is 0 Å². The summed E-state index contributed by atoms with van der Waals surface area (Å²) < 4.78 is 2.15. The van der Waals surface area contributed by atoms with E-state index in [0.29, 0.717) is 16.6 Å². The first-order valence-corrected chi connectivity index (χ1v) is 8.20. The molecule has 0 bridgehead atoms. The van der Waals surface area contributed by atoms with Gasteiger partial charge in [0.15, 0.2) is 10.9 Å². The Kier molecular flexibility index (Phi) is 4.04. The lowest BCUT2D eigenvalue weighted by atomic mass is 10.1. The van der Waals surface area contributed by atoms with Crippen LogP contribution in [0.25, 0.3) is 0 Å². The number of benzene rings is 1. The van der Waals surface area contributed by atoms with Gasteiger partial charge < -0.3 is 4.57 Å². The number of ketones is 1. The lowest BCUT2D eigenvalue weighted by Gasteiger charge is -2.11. The number of carbonyl (C=O) groups excluding carboxylic acids is 1. The van der Waals surface area contributed by atoms with E-state index in [1.165, 1.54) is 24.6 Å². The summed E-state index contributed by atoms with van der Waals surface area (Å²) in [6, 6.07) is 7.52. The van der Waals surface area contributed by atoms with Gasteiger partial charge in [0.1, 0.15) is 5.82 Å². The monoisotopic (exact) mass is 321 g/mol. The molecule has 1 aromatic heterocycles. The van der Waals surface area contributed by atoms with Crippen LogP contribution in [-0.2, 0) is 0 Å². The standard InChI is InChI=1S/C15H16ClN3OS/c1-9(14(20)11-3-5-12(16)6-4-11)21-15-18-17-10(2)19(15)13-7-8-13/h3-6,9,13H,7-8H2,1-2H3/t9-/m0/s1. The number of hydrogen-bond donors (Lipinski definition) is 0. The second-order valence-corrected chi connectivity index (χ2v) is 7.01. The van der Waals surface area contributed by atoms with Crippen LogP contribution in [0.1, 0.15) is 42.0 Å². The summed E-state index contributed by atoms with van der Waals surface area (Å²) >= 11 is 7.33. The molecule has 0 amide bonds. The zero-order chi connectivity index (χ0) is 15.0. The second kappa shape index (κ2) is 5.81. The maximum Gasteiger partial charge on any atom is 0.192 e. The van der Waals surface area contributed by atoms with E-state index in [1.54, 1.807) is 24.3 Å². The Labute approximate surface area is 132 Å². The number of hydrogen-bond acceptors (Lipinski definition) is 4. The van der Waals surface area contributed by atoms with Gasteiger partial charge in [0.05, 0.1) is 5.25 Å². The molecule has 1 atom stereocenters. The first kappa shape index (κ1) is 14.6. The third-order valence-corrected chi connectivity index (χ3v) is 4.84. The molecule has 1 aliphatic carbocycles. The first-order valence-electron chi connectivity index (χ1n) is 6.94. The highest BCUT2D eigenvalue weighted by Crippen LogP contribution is 2.39. The highest BCUT2D eigenvalue weighted by atomic mass is 35.5. The summed E-state index contributed by atoms with van der Waals surface area (Å²) in [4.78, 5) is 12.4. The van der Waals surface area contributed by atoms with Gasteiger partial charge in [-0.15, -0.1) is 10.2 Å². The van der Waals surface area contributed by atoms with E-state index in [1.807, 2.05) is 13.8 Å². The first-order chi connectivity index (χ1) is 10.1. The Balaban J connectivity index is 1.75. The SMILES string of the molecule is Cc1nnc(S[C@@H](C)C(=O)c2ccc(Cl)cc2)n1C1CC1. The molecule has 0 radical (unpaired) electrons. The average molecular weight is 322 g/mol. The molecule has 110 valence electrons. The van der Waals surface area contributed by atoms with Gasteiger partial charge in [0.2, 0.25) is 0 Å². The Bertz CT molecular complexity index is 664. The fraction of sp³-hybridized carbons (Fsp3) is 0.400. The van der Waals surface area contributed by atoms with Gasteiger partial charge in [-0.3, -0.25) is 4.79 Å². The van der Waals surface area contributed by atoms with E-state index in [9.17, 15) is 4.79 Å². The molecule has 0 N–H and O–H groups in total. The number of thioether (sulfide) groups is 1. The summed E-state index contributed by atoms with van der Waals surface area (Å²) in [5.41, 5.74) is 0.675. The number of aromatic nitrogens is 3. The fourth-order valence-electron chi connectivity index (χ4n) is 2.24. The van der Waals surface area contributed by atoms with E-state index >= 15 is 0 Å². The number of Topliss-reactive ketones (excluding diaryl/α,β-unsaturated/α-hetero) is 1. The summed E-state index contributed by atoms with van der Waals surface area (Å²) in [5.74, 6) is 1.01. The van der Waals surface area contributed by atoms with Crippen molar-refractivity contribution >= 4 is 29.1 Å². The van der Waals surface area contributed by atoms with Gasteiger partial charge >= 0.3 is 0 Å². The summed E-state index contributed by atoms with van der Waals surface area (Å²) in [7, 11) is 0. The Hall–Kier alpha value is -1.33. The second-order valence-electron chi connectivity index (χ2n) is 5.26. The molecule has 4 nitrogen and oxygen atoms in total. The molecule has 3 rings (SSSR count). The molecule has 1 saturated carbocycles. The third-order valence-electron chi connectivity index (χ3n) is 3.53. The van der Waals surface area contributed by atoms with E-state index < -0.39 is 0 Å². The van der Waals surface area contributed by atoms with Crippen LogP contribution in [0.15, 0.2) is 29.4 Å². The van der Waals surface area contributed by atoms with Gasteiger partial charge in [0, 0.05) is 16.6 Å². The molecule has 1 heterocycles. The maximum atomic E-state index is 12.4. The van der Waals surface area contributed by atoms with Crippen molar-refractivity contribution in [2.24, 2.45) is 0 Å². The Morgan fingerprint density at radius 1 is 1.33 bits per heavy atom. The molecule has 0 spiro atoms. The molecule has 6 heteroatoms. The normalized spacial score (nSPS) is 16.0. The Morgan fingerprint density at radius 2 is 2.00 bits per heavy atom. The molecule has 0 unspecified atom stereocenters. The quantitative estimate of drug-likeness (QED) is 0.618. The van der Waals surface area contributed by atoms with Crippen LogP contribution in [0.2, 0.25) is 5.02 Å². The molecule has 1 aromatic carbocycles. The molecule has 21 heavy (non-hydrogen) atoms. The van der Waals surface area contributed by atoms with Crippen molar-refractivity contribution in [1.82, 2.24) is 14.8 Å². The molecule has 0 aliphatic heterocycles. The van der Waals surface area contributed by atoms with Gasteiger partial charge in [0.25, 0.3) is 0 Å². The van der Waals surface area contributed by atoms with Gasteiger partial charge in [-0.25, -0.2) is 0 Å².